The molecule has 0 aliphatic rings. The Morgan fingerprint density at radius 3 is 2.28 bits per heavy atom. The van der Waals surface area contributed by atoms with Gasteiger partial charge in [-0.3, -0.25) is 9.36 Å². The number of rotatable bonds is 6. The van der Waals surface area contributed by atoms with Crippen molar-refractivity contribution in [3.63, 3.8) is 0 Å². The fourth-order valence-corrected chi connectivity index (χ4v) is 4.41. The third-order valence-corrected chi connectivity index (χ3v) is 6.16. The maximum absolute atomic E-state index is 13.6. The summed E-state index contributed by atoms with van der Waals surface area (Å²) in [6, 6.07) is 21.3. The molecule has 4 rings (SSSR count). The minimum absolute atomic E-state index is 0.257. The lowest BCUT2D eigenvalue weighted by Gasteiger charge is -2.16. The van der Waals surface area contributed by atoms with E-state index in [1.165, 1.54) is 0 Å². The number of aromatic nitrogens is 1. The molecular weight excluding hydrogens is 482 g/mol. The van der Waals surface area contributed by atoms with Gasteiger partial charge >= 0.3 is 11.9 Å². The molecule has 0 bridgehead atoms. The van der Waals surface area contributed by atoms with E-state index in [9.17, 15) is 14.4 Å². The average molecular weight is 506 g/mol. The highest BCUT2D eigenvalue weighted by Gasteiger charge is 2.32. The Bertz CT molecular complexity index is 1430. The third-order valence-electron chi connectivity index (χ3n) is 5.91. The molecule has 8 heteroatoms. The molecule has 1 heterocycles. The number of hydrogen-bond acceptors (Lipinski definition) is 6. The second-order valence-corrected chi connectivity index (χ2v) is 8.69. The van der Waals surface area contributed by atoms with Crippen LogP contribution in [0.15, 0.2) is 72.8 Å². The predicted molar refractivity (Wildman–Crippen MR) is 135 cm³/mol. The highest BCUT2D eigenvalue weighted by molar-refractivity contribution is 6.30. The van der Waals surface area contributed by atoms with Crippen LogP contribution in [-0.4, -0.2) is 29.5 Å². The molecule has 0 fully saturated rings. The van der Waals surface area contributed by atoms with Crippen molar-refractivity contribution in [3.05, 3.63) is 100 Å². The lowest BCUT2D eigenvalue weighted by Crippen LogP contribution is -2.21. The Hall–Kier alpha value is -4.10. The zero-order valence-corrected chi connectivity index (χ0v) is 20.7. The van der Waals surface area contributed by atoms with Crippen molar-refractivity contribution in [1.29, 1.82) is 0 Å². The first-order valence-electron chi connectivity index (χ1n) is 11.2. The minimum Gasteiger partial charge on any atom is -0.497 e. The number of ether oxygens (including phenoxy) is 1. The summed E-state index contributed by atoms with van der Waals surface area (Å²) in [4.78, 5) is 47.7. The van der Waals surface area contributed by atoms with E-state index in [4.69, 9.17) is 21.2 Å². The van der Waals surface area contributed by atoms with Crippen molar-refractivity contribution >= 4 is 40.3 Å². The smallest absolute Gasteiger partial charge is 0.363 e. The second-order valence-electron chi connectivity index (χ2n) is 8.25. The first kappa shape index (κ1) is 25.0. The van der Waals surface area contributed by atoms with Crippen molar-refractivity contribution in [1.82, 2.24) is 4.57 Å². The topological polar surface area (TPSA) is 83.8 Å². The molecule has 0 N–H and O–H groups in total. The van der Waals surface area contributed by atoms with Gasteiger partial charge in [0.15, 0.2) is 0 Å². The van der Waals surface area contributed by atoms with Crippen LogP contribution in [-0.2, 0) is 25.8 Å². The maximum Gasteiger partial charge on any atom is 0.363 e. The van der Waals surface area contributed by atoms with Gasteiger partial charge in [0.2, 0.25) is 0 Å². The van der Waals surface area contributed by atoms with Gasteiger partial charge in [-0.1, -0.05) is 41.9 Å². The molecule has 7 nitrogen and oxygen atoms in total. The zero-order valence-electron chi connectivity index (χ0n) is 20.0. The third kappa shape index (κ3) is 5.11. The van der Waals surface area contributed by atoms with E-state index in [0.29, 0.717) is 38.5 Å². The largest absolute Gasteiger partial charge is 0.497 e. The summed E-state index contributed by atoms with van der Waals surface area (Å²) in [5, 5.41) is 1.16. The van der Waals surface area contributed by atoms with Gasteiger partial charge in [0.1, 0.15) is 5.75 Å². The van der Waals surface area contributed by atoms with Crippen LogP contribution in [0.4, 0.5) is 0 Å². The molecule has 4 aromatic rings. The standard InChI is InChI=1S/C28H24ClNO6/c1-17-26(24(28(33)36-35-18(2)31)15-19-7-5-4-6-8-19)23-16-22(34-3)13-14-25(23)30(17)27(32)20-9-11-21(29)12-10-20/h4-14,16,24H,15H2,1-3H3. The summed E-state index contributed by atoms with van der Waals surface area (Å²) < 4.78 is 6.99. The minimum atomic E-state index is -0.874. The van der Waals surface area contributed by atoms with Crippen LogP contribution in [0.5, 0.6) is 5.75 Å². The molecule has 0 spiro atoms. The lowest BCUT2D eigenvalue weighted by atomic mass is 9.90. The molecule has 0 aliphatic carbocycles. The normalized spacial score (nSPS) is 11.7. The van der Waals surface area contributed by atoms with Gasteiger partial charge in [-0.2, -0.15) is 0 Å². The number of fused-ring (bicyclic) bond motifs is 1. The van der Waals surface area contributed by atoms with Crippen LogP contribution in [0.1, 0.15) is 40.0 Å². The first-order valence-corrected chi connectivity index (χ1v) is 11.6. The summed E-state index contributed by atoms with van der Waals surface area (Å²) in [5.74, 6) is -2.09. The monoisotopic (exact) mass is 505 g/mol. The van der Waals surface area contributed by atoms with Crippen LogP contribution >= 0.6 is 11.6 Å². The average Bonchev–Trinajstić information content (AvgIpc) is 3.17. The molecule has 0 aliphatic heterocycles. The SMILES string of the molecule is COc1ccc2c(c1)c(C(Cc1ccccc1)C(=O)OOC(C)=O)c(C)n2C(=O)c1ccc(Cl)cc1. The Balaban J connectivity index is 1.92. The highest BCUT2D eigenvalue weighted by atomic mass is 35.5. The number of halogens is 1. The molecule has 1 unspecified atom stereocenters. The molecule has 36 heavy (non-hydrogen) atoms. The van der Waals surface area contributed by atoms with Crippen molar-refractivity contribution < 1.29 is 28.9 Å². The van der Waals surface area contributed by atoms with E-state index in [1.54, 1.807) is 61.1 Å². The van der Waals surface area contributed by atoms with E-state index >= 15 is 0 Å². The van der Waals surface area contributed by atoms with Gasteiger partial charge < -0.3 is 4.74 Å². The van der Waals surface area contributed by atoms with Crippen LogP contribution in [0, 0.1) is 6.92 Å². The molecule has 1 aromatic heterocycles. The van der Waals surface area contributed by atoms with Gasteiger partial charge in [-0.05, 0) is 66.9 Å². The summed E-state index contributed by atoms with van der Waals surface area (Å²) in [5.41, 5.74) is 3.03. The highest BCUT2D eigenvalue weighted by Crippen LogP contribution is 2.37. The molecular formula is C28H24ClNO6. The van der Waals surface area contributed by atoms with Gasteiger partial charge in [-0.15, -0.1) is 0 Å². The predicted octanol–water partition coefficient (Wildman–Crippen LogP) is 5.65. The van der Waals surface area contributed by atoms with Crippen LogP contribution < -0.4 is 4.74 Å². The quantitative estimate of drug-likeness (QED) is 0.249. The van der Waals surface area contributed by atoms with Gasteiger partial charge in [0.25, 0.3) is 5.91 Å². The van der Waals surface area contributed by atoms with E-state index in [2.05, 4.69) is 4.89 Å². The van der Waals surface area contributed by atoms with Crippen LogP contribution in [0.3, 0.4) is 0 Å². The Labute approximate surface area is 213 Å². The van der Waals surface area contributed by atoms with E-state index < -0.39 is 17.9 Å². The number of carbonyl (C=O) groups is 3. The number of benzene rings is 3. The van der Waals surface area contributed by atoms with E-state index in [1.807, 2.05) is 30.3 Å². The summed E-state index contributed by atoms with van der Waals surface area (Å²) >= 11 is 6.01. The van der Waals surface area contributed by atoms with Crippen molar-refractivity contribution in [2.24, 2.45) is 0 Å². The van der Waals surface area contributed by atoms with E-state index in [-0.39, 0.29) is 12.3 Å². The van der Waals surface area contributed by atoms with Crippen LogP contribution in [0.2, 0.25) is 5.02 Å². The number of hydrogen-bond donors (Lipinski definition) is 0. The summed E-state index contributed by atoms with van der Waals surface area (Å²) in [7, 11) is 1.54. The number of nitrogens with zero attached hydrogens (tertiary/aromatic N) is 1. The van der Waals surface area contributed by atoms with E-state index in [0.717, 1.165) is 12.5 Å². The van der Waals surface area contributed by atoms with Crippen LogP contribution in [0.25, 0.3) is 10.9 Å². The van der Waals surface area contributed by atoms with Gasteiger partial charge in [0, 0.05) is 28.6 Å². The fraction of sp³-hybridized carbons (Fsp3) is 0.179. The van der Waals surface area contributed by atoms with Gasteiger partial charge in [0.05, 0.1) is 18.5 Å². The van der Waals surface area contributed by atoms with Crippen molar-refractivity contribution in [2.45, 2.75) is 26.2 Å². The van der Waals surface area contributed by atoms with Crippen molar-refractivity contribution in [2.75, 3.05) is 7.11 Å². The Kier molecular flexibility index (Phi) is 7.41. The van der Waals surface area contributed by atoms with Crippen molar-refractivity contribution in [3.8, 4) is 5.75 Å². The Morgan fingerprint density at radius 1 is 0.944 bits per heavy atom. The number of methoxy groups -OCH3 is 1. The molecule has 184 valence electrons. The number of carbonyl (C=O) groups excluding carboxylic acids is 3. The lowest BCUT2D eigenvalue weighted by molar-refractivity contribution is -0.258. The summed E-state index contributed by atoms with van der Waals surface area (Å²) in [6.07, 6.45) is 0.257. The van der Waals surface area contributed by atoms with Gasteiger partial charge in [-0.25, -0.2) is 19.4 Å². The fourth-order valence-electron chi connectivity index (χ4n) is 4.28. The molecule has 0 saturated carbocycles. The second kappa shape index (κ2) is 10.7. The Morgan fingerprint density at radius 2 is 1.64 bits per heavy atom. The molecule has 1 atom stereocenters. The maximum atomic E-state index is 13.6. The molecule has 0 amide bonds. The summed E-state index contributed by atoms with van der Waals surface area (Å²) in [6.45, 7) is 2.92. The molecule has 0 radical (unpaired) electrons. The first-order chi connectivity index (χ1) is 17.3. The molecule has 3 aromatic carbocycles. The zero-order chi connectivity index (χ0) is 25.8. The molecule has 0 saturated heterocycles.